The Morgan fingerprint density at radius 3 is 1.97 bits per heavy atom. The molecule has 5 aliphatic rings. The Kier molecular flexibility index (Phi) is 3.38. The first-order valence-corrected chi connectivity index (χ1v) is 11.3. The maximum absolute atomic E-state index is 6.99. The van der Waals surface area contributed by atoms with Gasteiger partial charge in [0.1, 0.15) is 30.0 Å². The van der Waals surface area contributed by atoms with E-state index in [1.165, 1.54) is 22.3 Å². The molecule has 0 N–H and O–H groups in total. The lowest BCUT2D eigenvalue weighted by atomic mass is 9.86. The number of fused-ring (bicyclic) bond motifs is 8. The molecule has 1 saturated carbocycles. The molecule has 2 aromatic carbocycles. The molecule has 2 spiro atoms. The van der Waals surface area contributed by atoms with Crippen molar-refractivity contribution >= 4 is 0 Å². The Hall–Kier alpha value is -1.76. The van der Waals surface area contributed by atoms with Crippen molar-refractivity contribution in [2.24, 2.45) is 0 Å². The van der Waals surface area contributed by atoms with Gasteiger partial charge in [0.05, 0.1) is 12.0 Å². The third kappa shape index (κ3) is 2.24. The average Bonchev–Trinajstić information content (AvgIpc) is 2.97. The summed E-state index contributed by atoms with van der Waals surface area (Å²) in [6.07, 6.45) is 0.148. The van der Waals surface area contributed by atoms with E-state index in [0.717, 1.165) is 6.42 Å². The second-order valence-electron chi connectivity index (χ2n) is 10.5. The molecule has 4 fully saturated rings. The van der Waals surface area contributed by atoms with Crippen molar-refractivity contribution in [3.63, 3.8) is 0 Å². The van der Waals surface area contributed by atoms with Gasteiger partial charge in [-0.1, -0.05) is 48.5 Å². The van der Waals surface area contributed by atoms with Crippen molar-refractivity contribution < 1.29 is 23.7 Å². The van der Waals surface area contributed by atoms with Gasteiger partial charge in [-0.2, -0.15) is 0 Å². The van der Waals surface area contributed by atoms with Gasteiger partial charge < -0.3 is 23.7 Å². The maximum atomic E-state index is 6.99. The van der Waals surface area contributed by atoms with Crippen molar-refractivity contribution in [3.8, 4) is 11.1 Å². The predicted octanol–water partition coefficient (Wildman–Crippen LogP) is 4.17. The summed E-state index contributed by atoms with van der Waals surface area (Å²) >= 11 is 0. The van der Waals surface area contributed by atoms with Gasteiger partial charge in [-0.05, 0) is 56.4 Å². The largest absolute Gasteiger partial charge is 0.362 e. The fourth-order valence-corrected chi connectivity index (χ4v) is 6.74. The van der Waals surface area contributed by atoms with E-state index in [2.05, 4.69) is 48.5 Å². The lowest BCUT2D eigenvalue weighted by Gasteiger charge is -2.29. The van der Waals surface area contributed by atoms with E-state index in [-0.39, 0.29) is 29.8 Å². The smallest absolute Gasteiger partial charge is 0.164 e. The highest BCUT2D eigenvalue weighted by molar-refractivity contribution is 5.85. The minimum absolute atomic E-state index is 0.154. The van der Waals surface area contributed by atoms with Crippen LogP contribution in [0.5, 0.6) is 0 Å². The van der Waals surface area contributed by atoms with E-state index in [1.807, 2.05) is 27.7 Å². The van der Waals surface area contributed by atoms with Crippen molar-refractivity contribution in [1.82, 2.24) is 0 Å². The minimum atomic E-state index is -0.652. The topological polar surface area (TPSA) is 46.2 Å². The molecule has 3 unspecified atom stereocenters. The van der Waals surface area contributed by atoms with Gasteiger partial charge in [-0.25, -0.2) is 0 Å². The molecular weight excluding hydrogens is 392 g/mol. The first-order chi connectivity index (χ1) is 14.8. The zero-order valence-electron chi connectivity index (χ0n) is 18.4. The minimum Gasteiger partial charge on any atom is -0.362 e. The predicted molar refractivity (Wildman–Crippen MR) is 114 cm³/mol. The molecule has 3 saturated heterocycles. The molecule has 5 atom stereocenters. The van der Waals surface area contributed by atoms with Crippen LogP contribution in [0.1, 0.15) is 45.2 Å². The molecule has 0 aromatic heterocycles. The molecule has 0 bridgehead atoms. The first-order valence-electron chi connectivity index (χ1n) is 11.3. The molecule has 162 valence electrons. The Morgan fingerprint density at radius 2 is 1.35 bits per heavy atom. The van der Waals surface area contributed by atoms with E-state index < -0.39 is 17.2 Å². The molecular formula is C26H28O5. The third-order valence-electron chi connectivity index (χ3n) is 7.84. The molecule has 0 radical (unpaired) electrons. The van der Waals surface area contributed by atoms with Crippen LogP contribution in [-0.2, 0) is 29.1 Å². The third-order valence-corrected chi connectivity index (χ3v) is 7.84. The van der Waals surface area contributed by atoms with Gasteiger partial charge in [-0.15, -0.1) is 0 Å². The van der Waals surface area contributed by atoms with Crippen molar-refractivity contribution in [3.05, 3.63) is 59.7 Å². The second-order valence-corrected chi connectivity index (χ2v) is 10.5. The Bertz CT molecular complexity index is 1050. The van der Waals surface area contributed by atoms with Crippen LogP contribution in [0.3, 0.4) is 0 Å². The fourth-order valence-electron chi connectivity index (χ4n) is 6.74. The second kappa shape index (κ2) is 5.59. The van der Waals surface area contributed by atoms with Gasteiger partial charge in [0.2, 0.25) is 0 Å². The van der Waals surface area contributed by atoms with Crippen LogP contribution in [0.2, 0.25) is 0 Å². The van der Waals surface area contributed by atoms with Gasteiger partial charge in [0.25, 0.3) is 0 Å². The number of rotatable bonds is 1. The van der Waals surface area contributed by atoms with Crippen LogP contribution in [0.4, 0.5) is 0 Å². The summed E-state index contributed by atoms with van der Waals surface area (Å²) < 4.78 is 32.1. The monoisotopic (exact) mass is 420 g/mol. The van der Waals surface area contributed by atoms with Crippen molar-refractivity contribution in [2.75, 3.05) is 6.61 Å². The molecule has 31 heavy (non-hydrogen) atoms. The summed E-state index contributed by atoms with van der Waals surface area (Å²) in [5.41, 5.74) is 4.61. The molecule has 2 aromatic rings. The standard InChI is InChI=1S/C26H28O5/c1-23(2)27-13-19(28-23)20-21-22(31-24(3,4)29-21)26(30-20)14-25(26)17-11-7-5-9-15(17)16-10-6-8-12-18(16)25/h5-12,19-22H,13-14H2,1-4H3/t19?,20-,21?,22?,26+/m1/s1. The Morgan fingerprint density at radius 1 is 0.710 bits per heavy atom. The van der Waals surface area contributed by atoms with Gasteiger partial charge >= 0.3 is 0 Å². The SMILES string of the molecule is CC1(C)OCC([C@H]2O[C@@]3(CC34c3ccccc3-c3ccccc34)C3OC(C)(C)OC32)O1. The maximum Gasteiger partial charge on any atom is 0.164 e. The number of hydrogen-bond donors (Lipinski definition) is 0. The van der Waals surface area contributed by atoms with E-state index >= 15 is 0 Å². The van der Waals surface area contributed by atoms with Crippen LogP contribution in [0, 0.1) is 0 Å². The summed E-state index contributed by atoms with van der Waals surface area (Å²) in [6.45, 7) is 8.40. The molecule has 0 amide bonds. The van der Waals surface area contributed by atoms with E-state index in [4.69, 9.17) is 23.7 Å². The first kappa shape index (κ1) is 18.8. The summed E-state index contributed by atoms with van der Waals surface area (Å²) in [6, 6.07) is 17.5. The normalized spacial score (nSPS) is 39.6. The van der Waals surface area contributed by atoms with E-state index in [1.54, 1.807) is 0 Å². The van der Waals surface area contributed by atoms with Gasteiger partial charge in [0.15, 0.2) is 11.6 Å². The number of ether oxygens (including phenoxy) is 5. The zero-order chi connectivity index (χ0) is 21.2. The highest BCUT2D eigenvalue weighted by atomic mass is 16.8. The van der Waals surface area contributed by atoms with Gasteiger partial charge in [-0.3, -0.25) is 0 Å². The molecule has 5 heteroatoms. The lowest BCUT2D eigenvalue weighted by Crippen LogP contribution is -2.40. The quantitative estimate of drug-likeness (QED) is 0.693. The highest BCUT2D eigenvalue weighted by Crippen LogP contribution is 2.75. The highest BCUT2D eigenvalue weighted by Gasteiger charge is 2.83. The Balaban J connectivity index is 1.36. The van der Waals surface area contributed by atoms with Crippen LogP contribution in [0.25, 0.3) is 11.1 Å². The van der Waals surface area contributed by atoms with Crippen LogP contribution in [0.15, 0.2) is 48.5 Å². The Labute approximate surface area is 182 Å². The van der Waals surface area contributed by atoms with Crippen LogP contribution >= 0.6 is 0 Å². The average molecular weight is 421 g/mol. The lowest BCUT2D eigenvalue weighted by molar-refractivity contribution is -0.212. The molecule has 2 aliphatic carbocycles. The van der Waals surface area contributed by atoms with Crippen LogP contribution in [-0.4, -0.2) is 48.2 Å². The summed E-state index contributed by atoms with van der Waals surface area (Å²) in [5, 5.41) is 0. The van der Waals surface area contributed by atoms with Crippen LogP contribution < -0.4 is 0 Å². The molecule has 3 aliphatic heterocycles. The number of hydrogen-bond acceptors (Lipinski definition) is 5. The van der Waals surface area contributed by atoms with Crippen molar-refractivity contribution in [1.29, 1.82) is 0 Å². The summed E-state index contributed by atoms with van der Waals surface area (Å²) in [5.74, 6) is -1.26. The summed E-state index contributed by atoms with van der Waals surface area (Å²) in [4.78, 5) is 0. The van der Waals surface area contributed by atoms with Gasteiger partial charge in [0, 0.05) is 0 Å². The van der Waals surface area contributed by atoms with E-state index in [0.29, 0.717) is 6.61 Å². The fraction of sp³-hybridized carbons (Fsp3) is 0.538. The summed E-state index contributed by atoms with van der Waals surface area (Å²) in [7, 11) is 0. The van der Waals surface area contributed by atoms with E-state index in [9.17, 15) is 0 Å². The molecule has 3 heterocycles. The molecule has 5 nitrogen and oxygen atoms in total. The van der Waals surface area contributed by atoms with Crippen molar-refractivity contribution in [2.45, 2.75) is 81.1 Å². The number of benzene rings is 2. The zero-order valence-corrected chi connectivity index (χ0v) is 18.4. The molecule has 7 rings (SSSR count).